The zero-order chi connectivity index (χ0) is 18.1. The molecule has 0 amide bonds. The summed E-state index contributed by atoms with van der Waals surface area (Å²) in [5.74, 6) is 1.09. The third kappa shape index (κ3) is 3.45. The minimum atomic E-state index is -0.170. The Morgan fingerprint density at radius 1 is 1.38 bits per heavy atom. The molecule has 1 saturated heterocycles. The second kappa shape index (κ2) is 7.37. The van der Waals surface area contributed by atoms with Gasteiger partial charge in [0, 0.05) is 42.6 Å². The monoisotopic (exact) mass is 371 g/mol. The number of hydrogen-bond donors (Lipinski definition) is 1. The van der Waals surface area contributed by atoms with E-state index in [1.54, 1.807) is 0 Å². The van der Waals surface area contributed by atoms with E-state index in [0.29, 0.717) is 6.04 Å². The summed E-state index contributed by atoms with van der Waals surface area (Å²) in [5.41, 5.74) is 5.31. The summed E-state index contributed by atoms with van der Waals surface area (Å²) >= 11 is 1.86. The largest absolute Gasteiger partial charge is 0.370 e. The molecule has 2 aliphatic heterocycles. The van der Waals surface area contributed by atoms with Crippen molar-refractivity contribution >= 4 is 11.8 Å². The molecule has 1 aromatic carbocycles. The van der Waals surface area contributed by atoms with E-state index < -0.39 is 0 Å². The van der Waals surface area contributed by atoms with Gasteiger partial charge >= 0.3 is 0 Å². The molecule has 4 rings (SSSR count). The molecule has 4 nitrogen and oxygen atoms in total. The van der Waals surface area contributed by atoms with E-state index in [9.17, 15) is 0 Å². The Bertz CT molecular complexity index is 774. The number of nitrogens with zero attached hydrogens (tertiary/aromatic N) is 2. The maximum Gasteiger partial charge on any atom is 0.0967 e. The van der Waals surface area contributed by atoms with Crippen molar-refractivity contribution < 1.29 is 4.74 Å². The number of nitrogens with one attached hydrogen (secondary N) is 1. The van der Waals surface area contributed by atoms with Crippen LogP contribution in [0.2, 0.25) is 0 Å². The summed E-state index contributed by atoms with van der Waals surface area (Å²) in [6.07, 6.45) is 9.40. The molecule has 3 atom stereocenters. The molecule has 1 N–H and O–H groups in total. The first-order chi connectivity index (χ1) is 12.6. The number of aromatic nitrogens is 2. The number of thioether (sulfide) groups is 1. The fourth-order valence-electron chi connectivity index (χ4n) is 4.55. The number of hydrogen-bond acceptors (Lipinski definition) is 4. The van der Waals surface area contributed by atoms with Crippen LogP contribution in [0.3, 0.4) is 0 Å². The van der Waals surface area contributed by atoms with Crippen molar-refractivity contribution in [3.05, 3.63) is 52.8 Å². The summed E-state index contributed by atoms with van der Waals surface area (Å²) in [7, 11) is 0. The molecule has 3 heterocycles. The number of rotatable bonds is 4. The molecular formula is C21H29N3OS. The quantitative estimate of drug-likeness (QED) is 0.886. The lowest BCUT2D eigenvalue weighted by Gasteiger charge is -2.47. The molecule has 1 fully saturated rings. The molecule has 2 aromatic rings. The van der Waals surface area contributed by atoms with Gasteiger partial charge in [0.05, 0.1) is 18.4 Å². The molecule has 1 aromatic heterocycles. The van der Waals surface area contributed by atoms with Gasteiger partial charge in [0.2, 0.25) is 0 Å². The van der Waals surface area contributed by atoms with Crippen LogP contribution >= 0.6 is 11.8 Å². The second-order valence-corrected chi connectivity index (χ2v) is 8.80. The number of aryl methyl sites for hydroxylation is 2. The van der Waals surface area contributed by atoms with E-state index in [4.69, 9.17) is 4.74 Å². The third-order valence-corrected chi connectivity index (χ3v) is 6.33. The average molecular weight is 372 g/mol. The van der Waals surface area contributed by atoms with Crippen molar-refractivity contribution in [2.24, 2.45) is 0 Å². The standard InChI is InChI=1S/C21H29N3OS/c1-15-4-5-17-6-8-25-21(19(17)10-15)11-16(2)23-20(12-21)18-13-22-24(14-18)7-9-26-3/h4-5,10,13-14,16,20,23H,6-9,11-12H2,1-3H3. The van der Waals surface area contributed by atoms with Crippen LogP contribution in [0.1, 0.15) is 48.1 Å². The fraction of sp³-hybridized carbons (Fsp3) is 0.571. The van der Waals surface area contributed by atoms with Crippen LogP contribution in [0, 0.1) is 6.92 Å². The number of fused-ring (bicyclic) bond motifs is 2. The summed E-state index contributed by atoms with van der Waals surface area (Å²) in [4.78, 5) is 0. The molecule has 0 aliphatic carbocycles. The highest BCUT2D eigenvalue weighted by atomic mass is 32.2. The zero-order valence-corrected chi connectivity index (χ0v) is 16.8. The van der Waals surface area contributed by atoms with Crippen molar-refractivity contribution in [1.82, 2.24) is 15.1 Å². The number of piperidine rings is 1. The van der Waals surface area contributed by atoms with Crippen molar-refractivity contribution in [2.75, 3.05) is 18.6 Å². The first-order valence-electron chi connectivity index (χ1n) is 9.61. The van der Waals surface area contributed by atoms with Gasteiger partial charge in [0.25, 0.3) is 0 Å². The lowest BCUT2D eigenvalue weighted by atomic mass is 9.74. The third-order valence-electron chi connectivity index (χ3n) is 5.74. The first-order valence-corrected chi connectivity index (χ1v) is 11.0. The van der Waals surface area contributed by atoms with E-state index in [-0.39, 0.29) is 11.6 Å². The highest BCUT2D eigenvalue weighted by molar-refractivity contribution is 7.98. The van der Waals surface area contributed by atoms with Gasteiger partial charge < -0.3 is 10.1 Å². The second-order valence-electron chi connectivity index (χ2n) is 7.81. The fourth-order valence-corrected chi connectivity index (χ4v) is 4.92. The smallest absolute Gasteiger partial charge is 0.0967 e. The van der Waals surface area contributed by atoms with Gasteiger partial charge in [-0.1, -0.05) is 23.8 Å². The van der Waals surface area contributed by atoms with Gasteiger partial charge in [-0.3, -0.25) is 4.68 Å². The summed E-state index contributed by atoms with van der Waals surface area (Å²) < 4.78 is 8.58. The average Bonchev–Trinajstić information content (AvgIpc) is 3.09. The topological polar surface area (TPSA) is 39.1 Å². The minimum absolute atomic E-state index is 0.170. The number of benzene rings is 1. The normalized spacial score (nSPS) is 28.3. The van der Waals surface area contributed by atoms with Gasteiger partial charge in [-0.15, -0.1) is 0 Å². The molecule has 1 spiro atoms. The molecular weight excluding hydrogens is 342 g/mol. The highest BCUT2D eigenvalue weighted by Crippen LogP contribution is 2.46. The number of ether oxygens (including phenoxy) is 1. The molecule has 3 unspecified atom stereocenters. The minimum Gasteiger partial charge on any atom is -0.370 e. The Hall–Kier alpha value is -1.30. The van der Waals surface area contributed by atoms with Crippen LogP contribution in [0.5, 0.6) is 0 Å². The molecule has 5 heteroatoms. The zero-order valence-electron chi connectivity index (χ0n) is 16.0. The maximum atomic E-state index is 6.51. The van der Waals surface area contributed by atoms with Crippen LogP contribution in [-0.2, 0) is 23.3 Å². The molecule has 2 aliphatic rings. The van der Waals surface area contributed by atoms with E-state index in [1.165, 1.54) is 22.3 Å². The van der Waals surface area contributed by atoms with Crippen LogP contribution in [-0.4, -0.2) is 34.4 Å². The molecule has 0 bridgehead atoms. The Morgan fingerprint density at radius 2 is 2.27 bits per heavy atom. The lowest BCUT2D eigenvalue weighted by molar-refractivity contribution is -0.0984. The Kier molecular flexibility index (Phi) is 5.13. The Balaban J connectivity index is 1.63. The van der Waals surface area contributed by atoms with E-state index in [0.717, 1.165) is 38.2 Å². The van der Waals surface area contributed by atoms with E-state index >= 15 is 0 Å². The summed E-state index contributed by atoms with van der Waals surface area (Å²) in [6, 6.07) is 7.58. The van der Waals surface area contributed by atoms with Gasteiger partial charge in [0.1, 0.15) is 0 Å². The van der Waals surface area contributed by atoms with Gasteiger partial charge in [-0.2, -0.15) is 16.9 Å². The summed E-state index contributed by atoms with van der Waals surface area (Å²) in [5, 5.41) is 8.35. The van der Waals surface area contributed by atoms with Crippen molar-refractivity contribution in [3.8, 4) is 0 Å². The van der Waals surface area contributed by atoms with Gasteiger partial charge in [0.15, 0.2) is 0 Å². The molecule has 26 heavy (non-hydrogen) atoms. The van der Waals surface area contributed by atoms with Gasteiger partial charge in [-0.05, 0) is 44.1 Å². The predicted octanol–water partition coefficient (Wildman–Crippen LogP) is 3.84. The van der Waals surface area contributed by atoms with Gasteiger partial charge in [-0.25, -0.2) is 0 Å². The Morgan fingerprint density at radius 3 is 3.12 bits per heavy atom. The molecule has 140 valence electrons. The molecule has 0 saturated carbocycles. The lowest BCUT2D eigenvalue weighted by Crippen LogP contribution is -2.50. The SMILES string of the molecule is CSCCn1cc(C2CC3(CC(C)N2)OCCc2ccc(C)cc23)cn1. The van der Waals surface area contributed by atoms with Crippen molar-refractivity contribution in [1.29, 1.82) is 0 Å². The summed E-state index contributed by atoms with van der Waals surface area (Å²) in [6.45, 7) is 6.25. The Labute approximate surface area is 160 Å². The van der Waals surface area contributed by atoms with Crippen LogP contribution in [0.15, 0.2) is 30.6 Å². The maximum absolute atomic E-state index is 6.51. The van der Waals surface area contributed by atoms with Crippen LogP contribution < -0.4 is 5.32 Å². The van der Waals surface area contributed by atoms with E-state index in [2.05, 4.69) is 59.6 Å². The van der Waals surface area contributed by atoms with Crippen molar-refractivity contribution in [3.63, 3.8) is 0 Å². The highest BCUT2D eigenvalue weighted by Gasteiger charge is 2.44. The predicted molar refractivity (Wildman–Crippen MR) is 108 cm³/mol. The van der Waals surface area contributed by atoms with E-state index in [1.807, 2.05) is 18.0 Å². The molecule has 0 radical (unpaired) electrons. The van der Waals surface area contributed by atoms with Crippen LogP contribution in [0.4, 0.5) is 0 Å². The first kappa shape index (κ1) is 18.1. The van der Waals surface area contributed by atoms with Crippen molar-refractivity contribution in [2.45, 2.75) is 57.3 Å². The van der Waals surface area contributed by atoms with Crippen LogP contribution in [0.25, 0.3) is 0 Å².